The topological polar surface area (TPSA) is 55.1 Å². The van der Waals surface area contributed by atoms with E-state index in [1.807, 2.05) is 0 Å². The first-order chi connectivity index (χ1) is 8.98. The molecule has 3 nitrogen and oxygen atoms in total. The molecule has 104 valence electrons. The summed E-state index contributed by atoms with van der Waals surface area (Å²) in [5.74, 6) is -0.713. The highest BCUT2D eigenvalue weighted by molar-refractivity contribution is 9.10. The van der Waals surface area contributed by atoms with Gasteiger partial charge in [-0.15, -0.1) is 0 Å². The highest BCUT2D eigenvalue weighted by atomic mass is 79.9. The Bertz CT molecular complexity index is 452. The van der Waals surface area contributed by atoms with Gasteiger partial charge in [0.25, 0.3) is 5.91 Å². The van der Waals surface area contributed by atoms with Crippen LogP contribution >= 0.6 is 15.9 Å². The van der Waals surface area contributed by atoms with E-state index in [2.05, 4.69) is 21.2 Å². The Hall–Kier alpha value is -0.940. The van der Waals surface area contributed by atoms with Crippen molar-refractivity contribution >= 4 is 21.8 Å². The molecule has 0 saturated heterocycles. The number of halogens is 2. The lowest BCUT2D eigenvalue weighted by molar-refractivity contribution is 0.0937. The first kappa shape index (κ1) is 14.5. The fourth-order valence-corrected chi connectivity index (χ4v) is 2.94. The Labute approximate surface area is 120 Å². The first-order valence-corrected chi connectivity index (χ1v) is 7.31. The van der Waals surface area contributed by atoms with E-state index in [1.54, 1.807) is 6.07 Å². The number of benzene rings is 1. The van der Waals surface area contributed by atoms with Crippen molar-refractivity contribution in [2.75, 3.05) is 6.54 Å². The second kappa shape index (κ2) is 6.01. The molecule has 0 bridgehead atoms. The first-order valence-electron chi connectivity index (χ1n) is 6.52. The molecule has 3 N–H and O–H groups in total. The summed E-state index contributed by atoms with van der Waals surface area (Å²) in [5.41, 5.74) is 6.25. The van der Waals surface area contributed by atoms with Crippen molar-refractivity contribution in [3.05, 3.63) is 34.1 Å². The summed E-state index contributed by atoms with van der Waals surface area (Å²) in [6.45, 7) is 0.444. The molecule has 5 heteroatoms. The van der Waals surface area contributed by atoms with Gasteiger partial charge in [-0.2, -0.15) is 0 Å². The Balaban J connectivity index is 1.97. The summed E-state index contributed by atoms with van der Waals surface area (Å²) in [5, 5.41) is 2.81. The molecule has 0 heterocycles. The molecule has 1 aromatic rings. The molecule has 0 aromatic heterocycles. The third kappa shape index (κ3) is 4.01. The Morgan fingerprint density at radius 1 is 1.32 bits per heavy atom. The molecule has 1 aliphatic rings. The van der Waals surface area contributed by atoms with E-state index in [0.717, 1.165) is 25.7 Å². The molecular weight excluding hydrogens is 311 g/mol. The maximum Gasteiger partial charge on any atom is 0.251 e. The average molecular weight is 329 g/mol. The van der Waals surface area contributed by atoms with Gasteiger partial charge in [-0.1, -0.05) is 35.2 Å². The van der Waals surface area contributed by atoms with Gasteiger partial charge >= 0.3 is 0 Å². The second-order valence-electron chi connectivity index (χ2n) is 5.26. The fourth-order valence-electron chi connectivity index (χ4n) is 2.48. The van der Waals surface area contributed by atoms with Crippen molar-refractivity contribution < 1.29 is 9.18 Å². The van der Waals surface area contributed by atoms with Crippen LogP contribution in [0.5, 0.6) is 0 Å². The largest absolute Gasteiger partial charge is 0.350 e. The number of carbonyl (C=O) groups excluding carboxylic acids is 1. The minimum absolute atomic E-state index is 0.282. The lowest BCUT2D eigenvalue weighted by Crippen LogP contribution is -2.51. The van der Waals surface area contributed by atoms with Crippen LogP contribution in [0.1, 0.15) is 42.5 Å². The van der Waals surface area contributed by atoms with E-state index in [-0.39, 0.29) is 11.4 Å². The standard InChI is InChI=1S/C14H18BrFN2O/c15-11-6-10(7-12(16)8-11)13(19)18-9-14(17)4-2-1-3-5-14/h6-8H,1-5,9,17H2,(H,18,19). The van der Waals surface area contributed by atoms with Crippen LogP contribution in [0.4, 0.5) is 4.39 Å². The molecule has 0 atom stereocenters. The molecule has 0 radical (unpaired) electrons. The third-order valence-electron chi connectivity index (χ3n) is 3.58. The predicted octanol–water partition coefficient (Wildman–Crippen LogP) is 2.98. The zero-order valence-electron chi connectivity index (χ0n) is 10.7. The van der Waals surface area contributed by atoms with Crippen molar-refractivity contribution in [2.24, 2.45) is 5.73 Å². The molecule has 1 fully saturated rings. The summed E-state index contributed by atoms with van der Waals surface area (Å²) in [6.07, 6.45) is 5.29. The zero-order valence-corrected chi connectivity index (χ0v) is 12.3. The van der Waals surface area contributed by atoms with Gasteiger partial charge in [0.15, 0.2) is 0 Å². The molecule has 1 amide bonds. The predicted molar refractivity (Wildman–Crippen MR) is 76.4 cm³/mol. The van der Waals surface area contributed by atoms with Crippen molar-refractivity contribution in [2.45, 2.75) is 37.6 Å². The van der Waals surface area contributed by atoms with Crippen molar-refractivity contribution in [1.82, 2.24) is 5.32 Å². The molecular formula is C14H18BrFN2O. The number of rotatable bonds is 3. The summed E-state index contributed by atoms with van der Waals surface area (Å²) in [4.78, 5) is 12.0. The quantitative estimate of drug-likeness (QED) is 0.896. The van der Waals surface area contributed by atoms with Crippen LogP contribution in [0.2, 0.25) is 0 Å². The van der Waals surface area contributed by atoms with Crippen molar-refractivity contribution in [1.29, 1.82) is 0 Å². The molecule has 1 aromatic carbocycles. The Morgan fingerprint density at radius 2 is 2.00 bits per heavy atom. The lowest BCUT2D eigenvalue weighted by Gasteiger charge is -2.33. The fraction of sp³-hybridized carbons (Fsp3) is 0.500. The smallest absolute Gasteiger partial charge is 0.251 e. The highest BCUT2D eigenvalue weighted by Gasteiger charge is 2.27. The van der Waals surface area contributed by atoms with E-state index in [9.17, 15) is 9.18 Å². The minimum atomic E-state index is -0.431. The maximum atomic E-state index is 13.2. The minimum Gasteiger partial charge on any atom is -0.350 e. The highest BCUT2D eigenvalue weighted by Crippen LogP contribution is 2.25. The molecule has 1 aliphatic carbocycles. The zero-order chi connectivity index (χ0) is 13.9. The number of hydrogen-bond donors (Lipinski definition) is 2. The second-order valence-corrected chi connectivity index (χ2v) is 6.18. The van der Waals surface area contributed by atoms with Gasteiger partial charge in [-0.3, -0.25) is 4.79 Å². The summed E-state index contributed by atoms with van der Waals surface area (Å²) < 4.78 is 13.8. The van der Waals surface area contributed by atoms with Gasteiger partial charge in [0.1, 0.15) is 5.82 Å². The van der Waals surface area contributed by atoms with E-state index in [4.69, 9.17) is 5.73 Å². The number of hydrogen-bond acceptors (Lipinski definition) is 2. The summed E-state index contributed by atoms with van der Waals surface area (Å²) in [6, 6.07) is 4.15. The van der Waals surface area contributed by atoms with Gasteiger partial charge in [-0.25, -0.2) is 4.39 Å². The van der Waals surface area contributed by atoms with Crippen LogP contribution in [-0.4, -0.2) is 18.0 Å². The van der Waals surface area contributed by atoms with Crippen molar-refractivity contribution in [3.8, 4) is 0 Å². The van der Waals surface area contributed by atoms with Crippen LogP contribution < -0.4 is 11.1 Å². The average Bonchev–Trinajstić information content (AvgIpc) is 2.36. The van der Waals surface area contributed by atoms with Gasteiger partial charge in [0.2, 0.25) is 0 Å². The van der Waals surface area contributed by atoms with Crippen LogP contribution in [0, 0.1) is 5.82 Å². The van der Waals surface area contributed by atoms with Gasteiger partial charge in [0, 0.05) is 22.1 Å². The molecule has 0 unspecified atom stereocenters. The maximum absolute atomic E-state index is 13.2. The Kier molecular flexibility index (Phi) is 4.58. The van der Waals surface area contributed by atoms with Crippen LogP contribution in [0.15, 0.2) is 22.7 Å². The normalized spacial score (nSPS) is 18.1. The lowest BCUT2D eigenvalue weighted by atomic mass is 9.82. The van der Waals surface area contributed by atoms with E-state index >= 15 is 0 Å². The SMILES string of the molecule is NC1(CNC(=O)c2cc(F)cc(Br)c2)CCCCC1. The number of carbonyl (C=O) groups is 1. The molecule has 19 heavy (non-hydrogen) atoms. The third-order valence-corrected chi connectivity index (χ3v) is 4.03. The van der Waals surface area contributed by atoms with Crippen LogP contribution in [0.3, 0.4) is 0 Å². The van der Waals surface area contributed by atoms with Crippen LogP contribution in [0.25, 0.3) is 0 Å². The Morgan fingerprint density at radius 3 is 2.63 bits per heavy atom. The van der Waals surface area contributed by atoms with E-state index < -0.39 is 5.82 Å². The molecule has 1 saturated carbocycles. The number of amides is 1. The number of nitrogens with one attached hydrogen (secondary N) is 1. The van der Waals surface area contributed by atoms with E-state index in [1.165, 1.54) is 18.6 Å². The molecule has 2 rings (SSSR count). The number of nitrogens with two attached hydrogens (primary N) is 1. The summed E-state index contributed by atoms with van der Waals surface area (Å²) >= 11 is 3.17. The van der Waals surface area contributed by atoms with E-state index in [0.29, 0.717) is 16.6 Å². The molecule has 0 spiro atoms. The monoisotopic (exact) mass is 328 g/mol. The van der Waals surface area contributed by atoms with Gasteiger partial charge in [0.05, 0.1) is 0 Å². The molecule has 0 aliphatic heterocycles. The van der Waals surface area contributed by atoms with Gasteiger partial charge in [-0.05, 0) is 31.0 Å². The van der Waals surface area contributed by atoms with Crippen molar-refractivity contribution in [3.63, 3.8) is 0 Å². The van der Waals surface area contributed by atoms with Crippen LogP contribution in [-0.2, 0) is 0 Å². The summed E-state index contributed by atoms with van der Waals surface area (Å²) in [7, 11) is 0. The van der Waals surface area contributed by atoms with Gasteiger partial charge < -0.3 is 11.1 Å².